The van der Waals surface area contributed by atoms with E-state index in [0.717, 1.165) is 13.1 Å². The van der Waals surface area contributed by atoms with E-state index in [1.807, 2.05) is 0 Å². The second-order valence-corrected chi connectivity index (χ2v) is 6.01. The van der Waals surface area contributed by atoms with E-state index in [1.165, 1.54) is 4.31 Å². The third-order valence-corrected chi connectivity index (χ3v) is 4.70. The lowest BCUT2D eigenvalue weighted by molar-refractivity contribution is -0.0785. The minimum absolute atomic E-state index is 0.0347. The van der Waals surface area contributed by atoms with Crippen molar-refractivity contribution in [2.45, 2.75) is 6.10 Å². The van der Waals surface area contributed by atoms with Gasteiger partial charge in [-0.25, -0.2) is 8.42 Å². The molecule has 0 aromatic rings. The van der Waals surface area contributed by atoms with Gasteiger partial charge in [-0.15, -0.1) is 0 Å². The highest BCUT2D eigenvalue weighted by molar-refractivity contribution is 7.89. The van der Waals surface area contributed by atoms with Gasteiger partial charge in [0.05, 0.1) is 31.7 Å². The predicted octanol–water partition coefficient (Wildman–Crippen LogP) is -1.36. The maximum absolute atomic E-state index is 12.0. The molecule has 7 heteroatoms. The molecule has 0 saturated carbocycles. The Hall–Kier alpha value is -0.210. The van der Waals surface area contributed by atoms with Gasteiger partial charge in [0.15, 0.2) is 0 Å². The van der Waals surface area contributed by atoms with Crippen LogP contribution in [0, 0.1) is 0 Å². The maximum atomic E-state index is 12.0. The highest BCUT2D eigenvalue weighted by Gasteiger charge is 2.28. The van der Waals surface area contributed by atoms with Gasteiger partial charge in [-0.2, -0.15) is 4.31 Å². The van der Waals surface area contributed by atoms with Crippen molar-refractivity contribution in [1.29, 1.82) is 0 Å². The molecule has 0 radical (unpaired) electrons. The maximum Gasteiger partial charge on any atom is 0.216 e. The second-order valence-electron chi connectivity index (χ2n) is 4.00. The van der Waals surface area contributed by atoms with E-state index in [0.29, 0.717) is 32.9 Å². The normalized spacial score (nSPS) is 29.1. The highest BCUT2D eigenvalue weighted by Crippen LogP contribution is 2.09. The molecule has 1 unspecified atom stereocenters. The summed E-state index contributed by atoms with van der Waals surface area (Å²) in [6.45, 7) is 3.98. The molecule has 0 amide bonds. The number of piperazine rings is 1. The number of hydrogen-bond acceptors (Lipinski definition) is 5. The number of hydrogen-bond donors (Lipinski definition) is 1. The van der Waals surface area contributed by atoms with E-state index < -0.39 is 10.0 Å². The number of ether oxygens (including phenoxy) is 2. The average Bonchev–Trinajstić information content (AvgIpc) is 2.31. The lowest BCUT2D eigenvalue weighted by Gasteiger charge is -2.29. The standard InChI is InChI=1S/C9H18N2O4S/c12-16(13,11-3-1-10-2-4-11)8-9-7-14-5-6-15-9/h9-10H,1-8H2. The van der Waals surface area contributed by atoms with Gasteiger partial charge in [0.25, 0.3) is 0 Å². The van der Waals surface area contributed by atoms with Crippen LogP contribution in [-0.2, 0) is 19.5 Å². The molecule has 2 heterocycles. The molecule has 0 spiro atoms. The van der Waals surface area contributed by atoms with Crippen LogP contribution >= 0.6 is 0 Å². The SMILES string of the molecule is O=S(=O)(CC1COCCO1)N1CCNCC1. The van der Waals surface area contributed by atoms with Gasteiger partial charge in [0, 0.05) is 26.2 Å². The summed E-state index contributed by atoms with van der Waals surface area (Å²) >= 11 is 0. The summed E-state index contributed by atoms with van der Waals surface area (Å²) in [4.78, 5) is 0. The van der Waals surface area contributed by atoms with Gasteiger partial charge in [-0.1, -0.05) is 0 Å². The summed E-state index contributed by atoms with van der Waals surface area (Å²) in [6.07, 6.45) is -0.311. The van der Waals surface area contributed by atoms with Crippen molar-refractivity contribution in [3.8, 4) is 0 Å². The zero-order valence-corrected chi connectivity index (χ0v) is 10.0. The lowest BCUT2D eigenvalue weighted by atomic mass is 10.4. The molecule has 6 nitrogen and oxygen atoms in total. The second kappa shape index (κ2) is 5.42. The van der Waals surface area contributed by atoms with Crippen LogP contribution in [0.4, 0.5) is 0 Å². The van der Waals surface area contributed by atoms with Gasteiger partial charge >= 0.3 is 0 Å². The minimum atomic E-state index is -3.19. The smallest absolute Gasteiger partial charge is 0.216 e. The third kappa shape index (κ3) is 3.14. The molecule has 1 atom stereocenters. The molecule has 16 heavy (non-hydrogen) atoms. The molecule has 0 aromatic carbocycles. The van der Waals surface area contributed by atoms with Gasteiger partial charge in [-0.3, -0.25) is 0 Å². The first-order chi connectivity index (χ1) is 7.68. The molecule has 94 valence electrons. The van der Waals surface area contributed by atoms with Crippen LogP contribution in [0.1, 0.15) is 0 Å². The van der Waals surface area contributed by atoms with E-state index in [1.54, 1.807) is 0 Å². The van der Waals surface area contributed by atoms with E-state index in [-0.39, 0.29) is 11.9 Å². The van der Waals surface area contributed by atoms with Gasteiger partial charge < -0.3 is 14.8 Å². The molecule has 2 fully saturated rings. The Bertz CT molecular complexity index is 307. The first kappa shape index (κ1) is 12.3. The van der Waals surface area contributed by atoms with E-state index in [9.17, 15) is 8.42 Å². The Balaban J connectivity index is 1.90. The first-order valence-corrected chi connectivity index (χ1v) is 7.17. The number of rotatable bonds is 3. The van der Waals surface area contributed by atoms with Crippen molar-refractivity contribution in [2.75, 3.05) is 51.8 Å². The van der Waals surface area contributed by atoms with Crippen molar-refractivity contribution in [3.05, 3.63) is 0 Å². The Morgan fingerprint density at radius 3 is 2.62 bits per heavy atom. The summed E-state index contributed by atoms with van der Waals surface area (Å²) in [5.74, 6) is 0.0347. The third-order valence-electron chi connectivity index (χ3n) is 2.75. The molecule has 0 aliphatic carbocycles. The van der Waals surface area contributed by atoms with Crippen LogP contribution in [0.25, 0.3) is 0 Å². The van der Waals surface area contributed by atoms with Crippen LogP contribution in [0.15, 0.2) is 0 Å². The Kier molecular flexibility index (Phi) is 4.15. The Morgan fingerprint density at radius 1 is 1.25 bits per heavy atom. The molecule has 0 aromatic heterocycles. The van der Waals surface area contributed by atoms with Crippen LogP contribution in [0.5, 0.6) is 0 Å². The van der Waals surface area contributed by atoms with Crippen LogP contribution in [0.3, 0.4) is 0 Å². The predicted molar refractivity (Wildman–Crippen MR) is 58.8 cm³/mol. The monoisotopic (exact) mass is 250 g/mol. The molecule has 0 bridgehead atoms. The summed E-state index contributed by atoms with van der Waals surface area (Å²) < 4.78 is 36.1. The fourth-order valence-electron chi connectivity index (χ4n) is 1.90. The molecule has 2 aliphatic rings. The lowest BCUT2D eigenvalue weighted by Crippen LogP contribution is -2.49. The first-order valence-electron chi connectivity index (χ1n) is 5.56. The Morgan fingerprint density at radius 2 is 2.00 bits per heavy atom. The van der Waals surface area contributed by atoms with Crippen molar-refractivity contribution >= 4 is 10.0 Å². The van der Waals surface area contributed by atoms with E-state index in [2.05, 4.69) is 5.32 Å². The van der Waals surface area contributed by atoms with Crippen molar-refractivity contribution in [1.82, 2.24) is 9.62 Å². The van der Waals surface area contributed by atoms with Gasteiger partial charge in [0.2, 0.25) is 10.0 Å². The zero-order chi connectivity index (χ0) is 11.4. The summed E-state index contributed by atoms with van der Waals surface area (Å²) in [7, 11) is -3.19. The summed E-state index contributed by atoms with van der Waals surface area (Å²) in [5.41, 5.74) is 0. The fraction of sp³-hybridized carbons (Fsp3) is 1.00. The number of nitrogens with zero attached hydrogens (tertiary/aromatic N) is 1. The molecular formula is C9H18N2O4S. The van der Waals surface area contributed by atoms with Gasteiger partial charge in [-0.05, 0) is 0 Å². The van der Waals surface area contributed by atoms with Crippen LogP contribution in [0.2, 0.25) is 0 Å². The molecule has 1 N–H and O–H groups in total. The summed E-state index contributed by atoms with van der Waals surface area (Å²) in [6, 6.07) is 0. The quantitative estimate of drug-likeness (QED) is 0.670. The number of nitrogens with one attached hydrogen (secondary N) is 1. The highest BCUT2D eigenvalue weighted by atomic mass is 32.2. The topological polar surface area (TPSA) is 67.9 Å². The van der Waals surface area contributed by atoms with Gasteiger partial charge in [0.1, 0.15) is 0 Å². The number of sulfonamides is 1. The van der Waals surface area contributed by atoms with Crippen molar-refractivity contribution in [2.24, 2.45) is 0 Å². The molecular weight excluding hydrogens is 232 g/mol. The van der Waals surface area contributed by atoms with E-state index in [4.69, 9.17) is 9.47 Å². The largest absolute Gasteiger partial charge is 0.376 e. The van der Waals surface area contributed by atoms with E-state index >= 15 is 0 Å². The van der Waals surface area contributed by atoms with Crippen LogP contribution in [-0.4, -0.2) is 70.6 Å². The Labute approximate surface area is 95.9 Å². The zero-order valence-electron chi connectivity index (χ0n) is 9.22. The summed E-state index contributed by atoms with van der Waals surface area (Å²) in [5, 5.41) is 3.13. The minimum Gasteiger partial charge on any atom is -0.376 e. The molecule has 2 aliphatic heterocycles. The molecule has 2 rings (SSSR count). The van der Waals surface area contributed by atoms with Crippen LogP contribution < -0.4 is 5.32 Å². The average molecular weight is 250 g/mol. The van der Waals surface area contributed by atoms with Crippen molar-refractivity contribution < 1.29 is 17.9 Å². The molecule has 2 saturated heterocycles. The van der Waals surface area contributed by atoms with Crippen molar-refractivity contribution in [3.63, 3.8) is 0 Å². The fourth-order valence-corrected chi connectivity index (χ4v) is 3.51.